The molecule has 6 aromatic heterocycles. The van der Waals surface area contributed by atoms with Gasteiger partial charge in [0.15, 0.2) is 23.0 Å². The lowest BCUT2D eigenvalue weighted by molar-refractivity contribution is 0.0689. The van der Waals surface area contributed by atoms with Gasteiger partial charge in [-0.3, -0.25) is 4.79 Å². The van der Waals surface area contributed by atoms with E-state index in [0.29, 0.717) is 29.7 Å². The van der Waals surface area contributed by atoms with E-state index in [1.807, 2.05) is 53.6 Å². The molecule has 4 N–H and O–H groups in total. The Balaban J connectivity index is 0.000000136. The Labute approximate surface area is 336 Å². The Morgan fingerprint density at radius 1 is 0.644 bits per heavy atom. The van der Waals surface area contributed by atoms with Crippen molar-refractivity contribution in [1.29, 1.82) is 0 Å². The van der Waals surface area contributed by atoms with Crippen LogP contribution in [0.5, 0.6) is 0 Å². The summed E-state index contributed by atoms with van der Waals surface area (Å²) in [7, 11) is 0. The molecule has 2 aliphatic rings. The zero-order valence-electron chi connectivity index (χ0n) is 31.7. The lowest BCUT2D eigenvalue weighted by Crippen LogP contribution is -2.37. The van der Waals surface area contributed by atoms with Crippen molar-refractivity contribution in [1.82, 2.24) is 43.6 Å². The first kappa shape index (κ1) is 38.5. The van der Waals surface area contributed by atoms with Crippen LogP contribution in [0.2, 0.25) is 0 Å². The summed E-state index contributed by atoms with van der Waals surface area (Å²) in [6.07, 6.45) is 16.7. The second-order valence-corrected chi connectivity index (χ2v) is 14.1. The van der Waals surface area contributed by atoms with Crippen molar-refractivity contribution < 1.29 is 23.5 Å². The van der Waals surface area contributed by atoms with E-state index in [1.54, 1.807) is 35.3 Å². The number of carboxylic acids is 1. The van der Waals surface area contributed by atoms with Gasteiger partial charge in [0.25, 0.3) is 5.91 Å². The average molecular weight is 799 g/mol. The zero-order valence-corrected chi connectivity index (χ0v) is 31.7. The minimum Gasteiger partial charge on any atom is -0.476 e. The first-order chi connectivity index (χ1) is 28.7. The molecule has 0 unspecified atom stereocenters. The van der Waals surface area contributed by atoms with Crippen molar-refractivity contribution in [3.63, 3.8) is 0 Å². The van der Waals surface area contributed by atoms with Gasteiger partial charge < -0.3 is 34.8 Å². The predicted octanol–water partition coefficient (Wildman–Crippen LogP) is 5.25. The number of halogens is 2. The van der Waals surface area contributed by atoms with Crippen LogP contribution in [0.25, 0.3) is 22.4 Å². The van der Waals surface area contributed by atoms with E-state index in [-0.39, 0.29) is 29.3 Å². The molecule has 0 radical (unpaired) electrons. The maximum Gasteiger partial charge on any atom is 0.356 e. The molecule has 15 nitrogen and oxygen atoms in total. The molecule has 0 aliphatic carbocycles. The fraction of sp³-hybridized carbons (Fsp3) is 0.190. The van der Waals surface area contributed by atoms with Gasteiger partial charge in [0.1, 0.15) is 11.6 Å². The highest BCUT2D eigenvalue weighted by atomic mass is 19.1. The summed E-state index contributed by atoms with van der Waals surface area (Å²) >= 11 is 0. The molecule has 17 heteroatoms. The standard InChI is InChI=1S/C21H19FN6O.C11H14N4.C10H7FN2O2/c22-15-3-5-17(6-4-15)28-12-8-18(25-28)21(29)24-16-7-11-27(14-16)20-19-2-1-10-26(19)13-9-23-20;12-9-3-6-15(8-9)11-10-2-1-5-14(10)7-4-13-11;11-7-1-3-8(4-2-7)13-6-5-9(12-13)10(14)15/h1-6,8-10,12-13,16H,7,11,14H2,(H,24,29);1-2,4-5,7,9H,3,6,8,12H2;1-6H,(H,14,15)/t16-;9-;/m00./s1. The van der Waals surface area contributed by atoms with Crippen LogP contribution in [0, 0.1) is 11.6 Å². The smallest absolute Gasteiger partial charge is 0.356 e. The third-order valence-corrected chi connectivity index (χ3v) is 10.0. The summed E-state index contributed by atoms with van der Waals surface area (Å²) in [5, 5.41) is 19.8. The number of carboxylic acid groups (broad SMARTS) is 1. The molecule has 2 saturated heterocycles. The molecule has 2 fully saturated rings. The Morgan fingerprint density at radius 3 is 1.66 bits per heavy atom. The van der Waals surface area contributed by atoms with Crippen molar-refractivity contribution in [3.8, 4) is 11.4 Å². The SMILES string of the molecule is N[C@H]1CCN(c2nccn3cccc23)C1.O=C(N[C@H]1CCN(c2nccn3cccc23)C1)c1ccn(-c2ccc(F)cc2)n1.O=C(O)c1ccn(-c2ccc(F)cc2)n1. The predicted molar refractivity (Wildman–Crippen MR) is 217 cm³/mol. The molecule has 2 aliphatic heterocycles. The number of carbonyl (C=O) groups is 2. The van der Waals surface area contributed by atoms with Crippen LogP contribution in [-0.2, 0) is 0 Å². The molecule has 8 heterocycles. The number of carbonyl (C=O) groups excluding carboxylic acids is 1. The van der Waals surface area contributed by atoms with Crippen LogP contribution >= 0.6 is 0 Å². The van der Waals surface area contributed by atoms with E-state index >= 15 is 0 Å². The summed E-state index contributed by atoms with van der Waals surface area (Å²) in [5.74, 6) is 0.0204. The number of fused-ring (bicyclic) bond motifs is 2. The van der Waals surface area contributed by atoms with Gasteiger partial charge >= 0.3 is 5.97 Å². The number of rotatable bonds is 7. The van der Waals surface area contributed by atoms with E-state index in [9.17, 15) is 18.4 Å². The topological polar surface area (TPSA) is 169 Å². The summed E-state index contributed by atoms with van der Waals surface area (Å²) in [6.45, 7) is 3.45. The number of nitrogens with two attached hydrogens (primary N) is 1. The molecule has 300 valence electrons. The van der Waals surface area contributed by atoms with Crippen LogP contribution in [0.15, 0.2) is 135 Å². The third-order valence-electron chi connectivity index (χ3n) is 10.0. The highest BCUT2D eigenvalue weighted by Crippen LogP contribution is 2.24. The van der Waals surface area contributed by atoms with Crippen molar-refractivity contribution in [3.05, 3.63) is 158 Å². The number of nitrogens with zero attached hydrogens (tertiary/aromatic N) is 10. The van der Waals surface area contributed by atoms with Gasteiger partial charge in [0.2, 0.25) is 0 Å². The number of benzene rings is 2. The molecule has 0 spiro atoms. The lowest BCUT2D eigenvalue weighted by Gasteiger charge is -2.18. The fourth-order valence-corrected chi connectivity index (χ4v) is 7.07. The largest absolute Gasteiger partial charge is 0.476 e. The van der Waals surface area contributed by atoms with Crippen molar-refractivity contribution in [2.45, 2.75) is 24.9 Å². The molecule has 1 amide bonds. The van der Waals surface area contributed by atoms with Crippen molar-refractivity contribution >= 4 is 34.5 Å². The second-order valence-electron chi connectivity index (χ2n) is 14.1. The third kappa shape index (κ3) is 8.79. The zero-order chi connectivity index (χ0) is 40.9. The summed E-state index contributed by atoms with van der Waals surface area (Å²) in [6, 6.07) is 23.1. The lowest BCUT2D eigenvalue weighted by atomic mass is 10.2. The second kappa shape index (κ2) is 17.0. The Kier molecular flexibility index (Phi) is 11.1. The minimum atomic E-state index is -1.09. The number of nitrogens with one attached hydrogen (secondary N) is 1. The molecule has 0 bridgehead atoms. The fourth-order valence-electron chi connectivity index (χ4n) is 7.07. The molecular weight excluding hydrogens is 759 g/mol. The highest BCUT2D eigenvalue weighted by molar-refractivity contribution is 5.92. The quantitative estimate of drug-likeness (QED) is 0.194. The van der Waals surface area contributed by atoms with Crippen molar-refractivity contribution in [2.75, 3.05) is 36.0 Å². The van der Waals surface area contributed by atoms with Crippen LogP contribution in [0.3, 0.4) is 0 Å². The van der Waals surface area contributed by atoms with E-state index in [0.717, 1.165) is 55.1 Å². The highest BCUT2D eigenvalue weighted by Gasteiger charge is 2.27. The van der Waals surface area contributed by atoms with Gasteiger partial charge in [-0.2, -0.15) is 10.2 Å². The van der Waals surface area contributed by atoms with Gasteiger partial charge in [-0.1, -0.05) is 0 Å². The average Bonchev–Trinajstić information content (AvgIpc) is 4.10. The normalized spacial score (nSPS) is 16.1. The van der Waals surface area contributed by atoms with Gasteiger partial charge in [-0.05, 0) is 97.8 Å². The number of hydrogen-bond donors (Lipinski definition) is 3. The van der Waals surface area contributed by atoms with Crippen LogP contribution < -0.4 is 20.9 Å². The minimum absolute atomic E-state index is 0.0236. The molecule has 2 aromatic carbocycles. The molecule has 59 heavy (non-hydrogen) atoms. The van der Waals surface area contributed by atoms with Gasteiger partial charge in [0, 0.05) is 87.8 Å². The monoisotopic (exact) mass is 798 g/mol. The van der Waals surface area contributed by atoms with E-state index < -0.39 is 5.97 Å². The Morgan fingerprint density at radius 2 is 1.15 bits per heavy atom. The van der Waals surface area contributed by atoms with E-state index in [1.165, 1.54) is 53.3 Å². The number of aromatic nitrogens is 8. The van der Waals surface area contributed by atoms with Gasteiger partial charge in [-0.25, -0.2) is 32.9 Å². The van der Waals surface area contributed by atoms with Crippen LogP contribution in [0.4, 0.5) is 20.4 Å². The maximum atomic E-state index is 13.1. The maximum absolute atomic E-state index is 13.1. The number of hydrogen-bond acceptors (Lipinski definition) is 9. The first-order valence-corrected chi connectivity index (χ1v) is 18.9. The Bertz CT molecular complexity index is 2690. The number of aromatic carboxylic acids is 1. The van der Waals surface area contributed by atoms with Crippen LogP contribution in [0.1, 0.15) is 33.8 Å². The molecule has 2 atom stereocenters. The molecule has 0 saturated carbocycles. The van der Waals surface area contributed by atoms with E-state index in [2.05, 4.69) is 45.7 Å². The number of amides is 1. The molecule has 10 rings (SSSR count). The summed E-state index contributed by atoms with van der Waals surface area (Å²) < 4.78 is 32.8. The van der Waals surface area contributed by atoms with Crippen LogP contribution in [-0.4, -0.2) is 93.6 Å². The van der Waals surface area contributed by atoms with Crippen molar-refractivity contribution in [2.24, 2.45) is 5.73 Å². The summed E-state index contributed by atoms with van der Waals surface area (Å²) in [4.78, 5) is 36.6. The van der Waals surface area contributed by atoms with E-state index in [4.69, 9.17) is 10.8 Å². The molecule has 8 aromatic rings. The Hall–Kier alpha value is -7.40. The molecular formula is C42H40F2N12O3. The summed E-state index contributed by atoms with van der Waals surface area (Å²) in [5.41, 5.74) is 9.72. The van der Waals surface area contributed by atoms with Gasteiger partial charge in [0.05, 0.1) is 22.4 Å². The number of anilines is 2. The first-order valence-electron chi connectivity index (χ1n) is 18.9. The van der Waals surface area contributed by atoms with Gasteiger partial charge in [-0.15, -0.1) is 0 Å².